The fraction of sp³-hybridized carbons (Fsp3) is 0.667. The smallest absolute Gasteiger partial charge is 0.220 e. The Kier molecular flexibility index (Phi) is 4.69. The van der Waals surface area contributed by atoms with Gasteiger partial charge >= 0.3 is 0 Å². The van der Waals surface area contributed by atoms with Gasteiger partial charge < -0.3 is 15.6 Å². The molecule has 0 radical (unpaired) electrons. The summed E-state index contributed by atoms with van der Waals surface area (Å²) in [6.07, 6.45) is 6.51. The summed E-state index contributed by atoms with van der Waals surface area (Å²) in [5, 5.41) is 2.95. The molecule has 0 fully saturated rings. The average Bonchev–Trinajstić information content (AvgIpc) is 2.66. The van der Waals surface area contributed by atoms with Crippen LogP contribution in [0.4, 0.5) is 0 Å². The van der Waals surface area contributed by atoms with Crippen LogP contribution in [-0.4, -0.2) is 27.0 Å². The van der Waals surface area contributed by atoms with E-state index in [9.17, 15) is 4.79 Å². The topological polar surface area (TPSA) is 72.9 Å². The fourth-order valence-corrected chi connectivity index (χ4v) is 1.54. The first kappa shape index (κ1) is 13.7. The molecule has 0 spiro atoms. The number of aromatic nitrogens is 2. The molecule has 17 heavy (non-hydrogen) atoms. The normalized spacial score (nSPS) is 13.4. The molecule has 0 saturated carbocycles. The molecular formula is C12H22N4O. The van der Waals surface area contributed by atoms with Gasteiger partial charge in [0, 0.05) is 36.9 Å². The lowest BCUT2D eigenvalue weighted by atomic mass is 10.00. The van der Waals surface area contributed by atoms with Gasteiger partial charge in [-0.3, -0.25) is 4.79 Å². The molecule has 1 unspecified atom stereocenters. The number of rotatable bonds is 6. The number of carbonyl (C=O) groups is 1. The van der Waals surface area contributed by atoms with Crippen LogP contribution in [0.3, 0.4) is 0 Å². The van der Waals surface area contributed by atoms with Crippen LogP contribution in [0.2, 0.25) is 0 Å². The van der Waals surface area contributed by atoms with Crippen molar-refractivity contribution in [1.29, 1.82) is 0 Å². The maximum absolute atomic E-state index is 11.6. The Hall–Kier alpha value is -1.36. The van der Waals surface area contributed by atoms with Gasteiger partial charge in [-0.1, -0.05) is 0 Å². The minimum Gasteiger partial charge on any atom is -0.352 e. The van der Waals surface area contributed by atoms with Crippen LogP contribution in [0, 0.1) is 0 Å². The van der Waals surface area contributed by atoms with Gasteiger partial charge in [-0.25, -0.2) is 4.98 Å². The first-order valence-electron chi connectivity index (χ1n) is 5.91. The predicted octanol–water partition coefficient (Wildman–Crippen LogP) is 0.905. The number of hydrogen-bond donors (Lipinski definition) is 2. The van der Waals surface area contributed by atoms with Gasteiger partial charge in [0.05, 0.1) is 6.33 Å². The highest BCUT2D eigenvalue weighted by Crippen LogP contribution is 2.06. The molecule has 0 aliphatic heterocycles. The van der Waals surface area contributed by atoms with E-state index in [-0.39, 0.29) is 17.5 Å². The SMILES string of the molecule is CC(Cn1ccnc1)NC(=O)CCC(C)(C)N. The van der Waals surface area contributed by atoms with Crippen molar-refractivity contribution in [1.82, 2.24) is 14.9 Å². The lowest BCUT2D eigenvalue weighted by molar-refractivity contribution is -0.122. The van der Waals surface area contributed by atoms with Gasteiger partial charge in [-0.15, -0.1) is 0 Å². The monoisotopic (exact) mass is 238 g/mol. The van der Waals surface area contributed by atoms with E-state index in [1.807, 2.05) is 31.5 Å². The summed E-state index contributed by atoms with van der Waals surface area (Å²) >= 11 is 0. The Bertz CT molecular complexity index is 340. The Balaban J connectivity index is 2.26. The molecule has 1 amide bonds. The number of nitrogens with one attached hydrogen (secondary N) is 1. The van der Waals surface area contributed by atoms with Gasteiger partial charge in [0.25, 0.3) is 0 Å². The highest BCUT2D eigenvalue weighted by Gasteiger charge is 2.14. The molecular weight excluding hydrogens is 216 g/mol. The molecule has 0 saturated heterocycles. The van der Waals surface area contributed by atoms with E-state index in [0.29, 0.717) is 12.8 Å². The maximum Gasteiger partial charge on any atom is 0.220 e. The number of hydrogen-bond acceptors (Lipinski definition) is 3. The molecule has 0 aliphatic carbocycles. The average molecular weight is 238 g/mol. The second-order valence-electron chi connectivity index (χ2n) is 5.22. The molecule has 1 rings (SSSR count). The van der Waals surface area contributed by atoms with E-state index >= 15 is 0 Å². The summed E-state index contributed by atoms with van der Waals surface area (Å²) in [6, 6.07) is 0.0950. The van der Waals surface area contributed by atoms with Gasteiger partial charge in [-0.2, -0.15) is 0 Å². The predicted molar refractivity (Wildman–Crippen MR) is 67.3 cm³/mol. The van der Waals surface area contributed by atoms with Crippen LogP contribution >= 0.6 is 0 Å². The van der Waals surface area contributed by atoms with Crippen LogP contribution in [0.25, 0.3) is 0 Å². The largest absolute Gasteiger partial charge is 0.352 e. The third kappa shape index (κ3) is 6.06. The molecule has 1 aromatic rings. The second-order valence-corrected chi connectivity index (χ2v) is 5.22. The van der Waals surface area contributed by atoms with Crippen LogP contribution in [0.1, 0.15) is 33.6 Å². The molecule has 5 nitrogen and oxygen atoms in total. The zero-order chi connectivity index (χ0) is 12.9. The highest BCUT2D eigenvalue weighted by molar-refractivity contribution is 5.76. The second kappa shape index (κ2) is 5.82. The minimum atomic E-state index is -0.287. The van der Waals surface area contributed by atoms with E-state index in [4.69, 9.17) is 5.73 Å². The Morgan fingerprint density at radius 1 is 1.59 bits per heavy atom. The molecule has 5 heteroatoms. The number of imidazole rings is 1. The van der Waals surface area contributed by atoms with Crippen molar-refractivity contribution in [3.63, 3.8) is 0 Å². The van der Waals surface area contributed by atoms with Crippen molar-refractivity contribution >= 4 is 5.91 Å². The van der Waals surface area contributed by atoms with E-state index in [0.717, 1.165) is 6.54 Å². The van der Waals surface area contributed by atoms with Gasteiger partial charge in [0.15, 0.2) is 0 Å². The summed E-state index contributed by atoms with van der Waals surface area (Å²) in [4.78, 5) is 15.6. The maximum atomic E-state index is 11.6. The summed E-state index contributed by atoms with van der Waals surface area (Å²) in [6.45, 7) is 6.56. The van der Waals surface area contributed by atoms with Gasteiger partial charge in [0.1, 0.15) is 0 Å². The van der Waals surface area contributed by atoms with E-state index in [1.54, 1.807) is 12.5 Å². The highest BCUT2D eigenvalue weighted by atomic mass is 16.1. The fourth-order valence-electron chi connectivity index (χ4n) is 1.54. The number of nitrogens with zero attached hydrogens (tertiary/aromatic N) is 2. The molecule has 1 atom stereocenters. The zero-order valence-electron chi connectivity index (χ0n) is 10.8. The van der Waals surface area contributed by atoms with Gasteiger partial charge in [-0.05, 0) is 27.2 Å². The van der Waals surface area contributed by atoms with Crippen LogP contribution in [0.5, 0.6) is 0 Å². The number of nitrogens with two attached hydrogens (primary N) is 1. The summed E-state index contributed by atoms with van der Waals surface area (Å²) in [5.41, 5.74) is 5.55. The standard InChI is InChI=1S/C12H22N4O/c1-10(8-16-7-6-14-9-16)15-11(17)4-5-12(2,3)13/h6-7,9-10H,4-5,8,13H2,1-3H3,(H,15,17). The number of amides is 1. The van der Waals surface area contributed by atoms with Crippen molar-refractivity contribution in [2.45, 2.75) is 51.7 Å². The quantitative estimate of drug-likeness (QED) is 0.773. The van der Waals surface area contributed by atoms with Crippen molar-refractivity contribution in [2.75, 3.05) is 0 Å². The first-order chi connectivity index (χ1) is 7.87. The van der Waals surface area contributed by atoms with Crippen molar-refractivity contribution in [2.24, 2.45) is 5.73 Å². The molecule has 1 aromatic heterocycles. The summed E-state index contributed by atoms with van der Waals surface area (Å²) in [7, 11) is 0. The molecule has 0 aromatic carbocycles. The molecule has 0 aliphatic rings. The van der Waals surface area contributed by atoms with E-state index in [2.05, 4.69) is 10.3 Å². The zero-order valence-corrected chi connectivity index (χ0v) is 10.8. The van der Waals surface area contributed by atoms with Crippen molar-refractivity contribution in [3.05, 3.63) is 18.7 Å². The van der Waals surface area contributed by atoms with Crippen LogP contribution in [-0.2, 0) is 11.3 Å². The van der Waals surface area contributed by atoms with Crippen LogP contribution < -0.4 is 11.1 Å². The van der Waals surface area contributed by atoms with Gasteiger partial charge in [0.2, 0.25) is 5.91 Å². The summed E-state index contributed by atoms with van der Waals surface area (Å²) < 4.78 is 1.94. The van der Waals surface area contributed by atoms with Crippen LogP contribution in [0.15, 0.2) is 18.7 Å². The lowest BCUT2D eigenvalue weighted by Crippen LogP contribution is -2.38. The lowest BCUT2D eigenvalue weighted by Gasteiger charge is -2.19. The Morgan fingerprint density at radius 2 is 2.29 bits per heavy atom. The molecule has 3 N–H and O–H groups in total. The summed E-state index contributed by atoms with van der Waals surface area (Å²) in [5.74, 6) is 0.0520. The van der Waals surface area contributed by atoms with E-state index in [1.165, 1.54) is 0 Å². The molecule has 96 valence electrons. The third-order valence-electron chi connectivity index (χ3n) is 2.45. The minimum absolute atomic E-state index is 0.0520. The Labute approximate surface area is 102 Å². The third-order valence-corrected chi connectivity index (χ3v) is 2.45. The van der Waals surface area contributed by atoms with Crippen molar-refractivity contribution < 1.29 is 4.79 Å². The molecule has 0 bridgehead atoms. The first-order valence-corrected chi connectivity index (χ1v) is 5.91. The van der Waals surface area contributed by atoms with E-state index < -0.39 is 0 Å². The Morgan fingerprint density at radius 3 is 2.82 bits per heavy atom. The number of carbonyl (C=O) groups excluding carboxylic acids is 1. The molecule has 1 heterocycles. The van der Waals surface area contributed by atoms with Crippen molar-refractivity contribution in [3.8, 4) is 0 Å².